The Morgan fingerprint density at radius 2 is 1.85 bits per heavy atom. The standard InChI is InChI=1S/C17H16F2N4O4/c1-26-17(25)10-8-11(18)12(19)9-14(10)20-16(24)13-2-3-15(22-21-13)23-4-6-27-7-5-23/h2-3,8-9H,4-7H2,1H3,(H,20,24). The quantitative estimate of drug-likeness (QED) is 0.808. The number of hydrogen-bond acceptors (Lipinski definition) is 7. The molecule has 1 saturated heterocycles. The molecular weight excluding hydrogens is 362 g/mol. The molecule has 8 nitrogen and oxygen atoms in total. The summed E-state index contributed by atoms with van der Waals surface area (Å²) in [7, 11) is 1.09. The molecular formula is C17H16F2N4O4. The summed E-state index contributed by atoms with van der Waals surface area (Å²) in [6, 6.07) is 4.43. The third-order valence-corrected chi connectivity index (χ3v) is 3.93. The van der Waals surface area contributed by atoms with E-state index in [0.717, 1.165) is 7.11 Å². The molecule has 1 aromatic carbocycles. The lowest BCUT2D eigenvalue weighted by molar-refractivity contribution is 0.0601. The minimum absolute atomic E-state index is 0.0486. The smallest absolute Gasteiger partial charge is 0.340 e. The highest BCUT2D eigenvalue weighted by molar-refractivity contribution is 6.07. The Hall–Kier alpha value is -3.14. The van der Waals surface area contributed by atoms with Gasteiger partial charge in [0.1, 0.15) is 0 Å². The van der Waals surface area contributed by atoms with Crippen molar-refractivity contribution in [3.8, 4) is 0 Å². The van der Waals surface area contributed by atoms with Crippen LogP contribution in [0.5, 0.6) is 0 Å². The van der Waals surface area contributed by atoms with E-state index in [1.165, 1.54) is 6.07 Å². The maximum atomic E-state index is 13.5. The van der Waals surface area contributed by atoms with Crippen molar-refractivity contribution in [2.24, 2.45) is 0 Å². The normalized spacial score (nSPS) is 14.0. The van der Waals surface area contributed by atoms with E-state index in [4.69, 9.17) is 4.74 Å². The van der Waals surface area contributed by atoms with E-state index < -0.39 is 23.5 Å². The molecule has 1 amide bonds. The van der Waals surface area contributed by atoms with Crippen LogP contribution < -0.4 is 10.2 Å². The number of esters is 1. The number of morpholine rings is 1. The molecule has 2 aromatic rings. The van der Waals surface area contributed by atoms with Crippen molar-refractivity contribution < 1.29 is 27.8 Å². The molecule has 1 aromatic heterocycles. The summed E-state index contributed by atoms with van der Waals surface area (Å²) in [5.41, 5.74) is -0.597. The molecule has 0 atom stereocenters. The highest BCUT2D eigenvalue weighted by Crippen LogP contribution is 2.22. The molecule has 0 bridgehead atoms. The van der Waals surface area contributed by atoms with E-state index >= 15 is 0 Å². The number of nitrogens with zero attached hydrogens (tertiary/aromatic N) is 3. The highest BCUT2D eigenvalue weighted by atomic mass is 19.2. The van der Waals surface area contributed by atoms with E-state index in [1.807, 2.05) is 4.90 Å². The van der Waals surface area contributed by atoms with Crippen molar-refractivity contribution in [3.63, 3.8) is 0 Å². The van der Waals surface area contributed by atoms with Gasteiger partial charge >= 0.3 is 5.97 Å². The van der Waals surface area contributed by atoms with Gasteiger partial charge in [-0.3, -0.25) is 4.79 Å². The molecule has 0 aliphatic carbocycles. The Labute approximate surface area is 153 Å². The van der Waals surface area contributed by atoms with Crippen LogP contribution in [0.15, 0.2) is 24.3 Å². The number of aromatic nitrogens is 2. The molecule has 1 fully saturated rings. The molecule has 0 spiro atoms. The third kappa shape index (κ3) is 4.17. The summed E-state index contributed by atoms with van der Waals surface area (Å²) >= 11 is 0. The highest BCUT2D eigenvalue weighted by Gasteiger charge is 2.20. The third-order valence-electron chi connectivity index (χ3n) is 3.93. The summed E-state index contributed by atoms with van der Waals surface area (Å²) in [4.78, 5) is 26.0. The van der Waals surface area contributed by atoms with Gasteiger partial charge in [0.25, 0.3) is 5.91 Å². The van der Waals surface area contributed by atoms with Gasteiger partial charge in [0, 0.05) is 19.2 Å². The van der Waals surface area contributed by atoms with Gasteiger partial charge < -0.3 is 19.7 Å². The van der Waals surface area contributed by atoms with Crippen molar-refractivity contribution in [2.45, 2.75) is 0 Å². The lowest BCUT2D eigenvalue weighted by atomic mass is 10.1. The number of ether oxygens (including phenoxy) is 2. The summed E-state index contributed by atoms with van der Waals surface area (Å²) in [6.07, 6.45) is 0. The number of amides is 1. The SMILES string of the molecule is COC(=O)c1cc(F)c(F)cc1NC(=O)c1ccc(N2CCOCC2)nn1. The van der Waals surface area contributed by atoms with Crippen LogP contribution >= 0.6 is 0 Å². The zero-order valence-corrected chi connectivity index (χ0v) is 14.4. The molecule has 1 aliphatic heterocycles. The van der Waals surface area contributed by atoms with Crippen LogP contribution in [0.1, 0.15) is 20.8 Å². The zero-order valence-electron chi connectivity index (χ0n) is 14.4. The van der Waals surface area contributed by atoms with Gasteiger partial charge in [0.2, 0.25) is 0 Å². The Bertz CT molecular complexity index is 855. The van der Waals surface area contributed by atoms with Crippen LogP contribution in [0.4, 0.5) is 20.3 Å². The zero-order chi connectivity index (χ0) is 19.4. The summed E-state index contributed by atoms with van der Waals surface area (Å²) in [5, 5.41) is 10.2. The average molecular weight is 378 g/mol. The Morgan fingerprint density at radius 1 is 1.15 bits per heavy atom. The van der Waals surface area contributed by atoms with Crippen molar-refractivity contribution in [3.05, 3.63) is 47.2 Å². The number of carbonyl (C=O) groups excluding carboxylic acids is 2. The van der Waals surface area contributed by atoms with Gasteiger partial charge in [-0.1, -0.05) is 0 Å². The lowest BCUT2D eigenvalue weighted by Crippen LogP contribution is -2.37. The molecule has 2 heterocycles. The topological polar surface area (TPSA) is 93.7 Å². The van der Waals surface area contributed by atoms with Crippen molar-refractivity contribution >= 4 is 23.4 Å². The van der Waals surface area contributed by atoms with Crippen molar-refractivity contribution in [2.75, 3.05) is 43.6 Å². The van der Waals surface area contributed by atoms with E-state index in [0.29, 0.717) is 44.3 Å². The molecule has 1 N–H and O–H groups in total. The molecule has 10 heteroatoms. The average Bonchev–Trinajstić information content (AvgIpc) is 2.70. The number of benzene rings is 1. The monoisotopic (exact) mass is 378 g/mol. The first-order valence-corrected chi connectivity index (χ1v) is 8.04. The number of halogens is 2. The summed E-state index contributed by atoms with van der Waals surface area (Å²) in [6.45, 7) is 2.49. The number of methoxy groups -OCH3 is 1. The Kier molecular flexibility index (Phi) is 5.55. The van der Waals surface area contributed by atoms with E-state index in [-0.39, 0.29) is 16.9 Å². The first-order chi connectivity index (χ1) is 13.0. The predicted octanol–water partition coefficient (Wildman–Crippen LogP) is 1.63. The van der Waals surface area contributed by atoms with Crippen molar-refractivity contribution in [1.82, 2.24) is 10.2 Å². The molecule has 142 valence electrons. The van der Waals surface area contributed by atoms with E-state index in [2.05, 4.69) is 20.3 Å². The number of rotatable bonds is 4. The summed E-state index contributed by atoms with van der Waals surface area (Å²) in [5.74, 6) is -3.50. The fourth-order valence-corrected chi connectivity index (χ4v) is 2.52. The second-order valence-corrected chi connectivity index (χ2v) is 5.63. The van der Waals surface area contributed by atoms with Crippen LogP contribution in [0.2, 0.25) is 0 Å². The van der Waals surface area contributed by atoms with Gasteiger partial charge in [0.15, 0.2) is 23.1 Å². The first-order valence-electron chi connectivity index (χ1n) is 8.04. The molecule has 1 aliphatic rings. The molecule has 3 rings (SSSR count). The first kappa shape index (κ1) is 18.6. The number of hydrogen-bond donors (Lipinski definition) is 1. The van der Waals surface area contributed by atoms with Gasteiger partial charge in [-0.25, -0.2) is 13.6 Å². The number of anilines is 2. The van der Waals surface area contributed by atoms with Crippen molar-refractivity contribution in [1.29, 1.82) is 0 Å². The Morgan fingerprint density at radius 3 is 2.48 bits per heavy atom. The van der Waals surface area contributed by atoms with Crippen LogP contribution in [0.3, 0.4) is 0 Å². The second kappa shape index (κ2) is 8.04. The minimum Gasteiger partial charge on any atom is -0.465 e. The fraction of sp³-hybridized carbons (Fsp3) is 0.294. The fourth-order valence-electron chi connectivity index (χ4n) is 2.52. The Balaban J connectivity index is 1.79. The molecule has 27 heavy (non-hydrogen) atoms. The maximum absolute atomic E-state index is 13.5. The lowest BCUT2D eigenvalue weighted by Gasteiger charge is -2.27. The second-order valence-electron chi connectivity index (χ2n) is 5.63. The van der Waals surface area contributed by atoms with Gasteiger partial charge in [-0.15, -0.1) is 10.2 Å². The van der Waals surface area contributed by atoms with Crippen LogP contribution in [0.25, 0.3) is 0 Å². The molecule has 0 radical (unpaired) electrons. The van der Waals surface area contributed by atoms with E-state index in [1.54, 1.807) is 6.07 Å². The maximum Gasteiger partial charge on any atom is 0.340 e. The van der Waals surface area contributed by atoms with Crippen LogP contribution in [0, 0.1) is 11.6 Å². The van der Waals surface area contributed by atoms with Crippen LogP contribution in [-0.4, -0.2) is 55.5 Å². The predicted molar refractivity (Wildman–Crippen MR) is 90.7 cm³/mol. The van der Waals surface area contributed by atoms with E-state index in [9.17, 15) is 18.4 Å². The van der Waals surface area contributed by atoms with Gasteiger partial charge in [-0.05, 0) is 18.2 Å². The van der Waals surface area contributed by atoms with Gasteiger partial charge in [0.05, 0.1) is 31.6 Å². The molecule has 0 unspecified atom stereocenters. The largest absolute Gasteiger partial charge is 0.465 e. The number of carbonyl (C=O) groups is 2. The minimum atomic E-state index is -1.23. The summed E-state index contributed by atoms with van der Waals surface area (Å²) < 4.78 is 36.7. The van der Waals surface area contributed by atoms with Gasteiger partial charge in [-0.2, -0.15) is 0 Å². The van der Waals surface area contributed by atoms with Crippen LogP contribution in [-0.2, 0) is 9.47 Å². The number of nitrogens with one attached hydrogen (secondary N) is 1. The molecule has 0 saturated carbocycles.